The Balaban J connectivity index is 1.64. The van der Waals surface area contributed by atoms with Gasteiger partial charge in [-0.1, -0.05) is 12.1 Å². The summed E-state index contributed by atoms with van der Waals surface area (Å²) in [5, 5.41) is 9.04. The summed E-state index contributed by atoms with van der Waals surface area (Å²) >= 11 is 0. The van der Waals surface area contributed by atoms with E-state index in [1.54, 1.807) is 6.07 Å². The Hall–Kier alpha value is -1.99. The topological polar surface area (TPSA) is 70.1 Å². The highest BCUT2D eigenvalue weighted by Crippen LogP contribution is 2.21. The number of ether oxygens (including phenoxy) is 1. The van der Waals surface area contributed by atoms with Gasteiger partial charge in [-0.3, -0.25) is 14.5 Å². The van der Waals surface area contributed by atoms with Crippen molar-refractivity contribution in [2.24, 2.45) is 5.92 Å². The van der Waals surface area contributed by atoms with Crippen LogP contribution in [0.5, 0.6) is 0 Å². The molecule has 136 valence electrons. The van der Waals surface area contributed by atoms with E-state index in [1.165, 1.54) is 12.1 Å². The van der Waals surface area contributed by atoms with Crippen molar-refractivity contribution in [2.45, 2.75) is 18.9 Å². The molecule has 0 spiro atoms. The highest BCUT2D eigenvalue weighted by Gasteiger charge is 2.35. The molecule has 2 aliphatic heterocycles. The molecular weight excluding hydrogens is 327 g/mol. The van der Waals surface area contributed by atoms with Gasteiger partial charge in [0.05, 0.1) is 25.8 Å². The number of benzene rings is 1. The zero-order valence-corrected chi connectivity index (χ0v) is 14.1. The van der Waals surface area contributed by atoms with Gasteiger partial charge < -0.3 is 14.7 Å². The maximum atomic E-state index is 13.3. The molecule has 2 aliphatic rings. The van der Waals surface area contributed by atoms with Crippen LogP contribution in [0, 0.1) is 11.7 Å². The Labute approximate surface area is 146 Å². The first-order valence-corrected chi connectivity index (χ1v) is 8.57. The van der Waals surface area contributed by atoms with Gasteiger partial charge in [0.25, 0.3) is 0 Å². The molecule has 3 rings (SSSR count). The standard InChI is InChI=1S/C18H23FN2O4/c19-15-3-1-2-13(6-15)4-5-17(22)21-8-14-7-20(10-18(23)24)9-16(21)12-25-11-14/h1-3,6,14,16H,4-5,7-12H2,(H,23,24)/t14-,16-/m0/s1. The van der Waals surface area contributed by atoms with Gasteiger partial charge in [-0.15, -0.1) is 0 Å². The lowest BCUT2D eigenvalue weighted by atomic mass is 10.1. The molecule has 7 heteroatoms. The van der Waals surface area contributed by atoms with Crippen molar-refractivity contribution < 1.29 is 23.8 Å². The molecule has 2 atom stereocenters. The third-order valence-electron chi connectivity index (χ3n) is 4.74. The van der Waals surface area contributed by atoms with Gasteiger partial charge in [0.1, 0.15) is 5.82 Å². The summed E-state index contributed by atoms with van der Waals surface area (Å²) in [5.41, 5.74) is 0.801. The second-order valence-corrected chi connectivity index (χ2v) is 6.82. The average molecular weight is 350 g/mol. The highest BCUT2D eigenvalue weighted by molar-refractivity contribution is 5.77. The molecule has 2 saturated heterocycles. The zero-order valence-electron chi connectivity index (χ0n) is 14.1. The monoisotopic (exact) mass is 350 g/mol. The summed E-state index contributed by atoms with van der Waals surface area (Å²) in [6, 6.07) is 6.16. The number of carboxylic acids is 1. The minimum absolute atomic E-state index is 0.0156. The molecule has 2 bridgehead atoms. The molecular formula is C18H23FN2O4. The average Bonchev–Trinajstić information content (AvgIpc) is 2.83. The summed E-state index contributed by atoms with van der Waals surface area (Å²) in [7, 11) is 0. The maximum Gasteiger partial charge on any atom is 0.317 e. The number of carbonyl (C=O) groups excluding carboxylic acids is 1. The van der Waals surface area contributed by atoms with E-state index in [0.29, 0.717) is 45.7 Å². The molecule has 6 nitrogen and oxygen atoms in total. The molecule has 2 heterocycles. The first-order valence-electron chi connectivity index (χ1n) is 8.57. The Kier molecular flexibility index (Phi) is 5.65. The van der Waals surface area contributed by atoms with Crippen LogP contribution in [-0.4, -0.2) is 72.2 Å². The van der Waals surface area contributed by atoms with Crippen molar-refractivity contribution in [1.82, 2.24) is 9.80 Å². The van der Waals surface area contributed by atoms with E-state index in [1.807, 2.05) is 15.9 Å². The zero-order chi connectivity index (χ0) is 17.8. The largest absolute Gasteiger partial charge is 0.480 e. The van der Waals surface area contributed by atoms with Crippen LogP contribution in [0.15, 0.2) is 24.3 Å². The van der Waals surface area contributed by atoms with Gasteiger partial charge in [0.2, 0.25) is 5.91 Å². The Morgan fingerprint density at radius 3 is 2.84 bits per heavy atom. The number of fused-ring (bicyclic) bond motifs is 3. The van der Waals surface area contributed by atoms with Gasteiger partial charge >= 0.3 is 5.97 Å². The maximum absolute atomic E-state index is 13.3. The Morgan fingerprint density at radius 1 is 1.24 bits per heavy atom. The van der Waals surface area contributed by atoms with Gasteiger partial charge in [-0.25, -0.2) is 4.39 Å². The first-order chi connectivity index (χ1) is 12.0. The smallest absolute Gasteiger partial charge is 0.317 e. The Morgan fingerprint density at radius 2 is 2.08 bits per heavy atom. The molecule has 0 unspecified atom stereocenters. The molecule has 0 radical (unpaired) electrons. The van der Waals surface area contributed by atoms with E-state index in [0.717, 1.165) is 5.56 Å². The lowest BCUT2D eigenvalue weighted by Crippen LogP contribution is -2.47. The molecule has 2 fully saturated rings. The number of hydrogen-bond acceptors (Lipinski definition) is 4. The molecule has 1 amide bonds. The number of aliphatic carboxylic acids is 1. The highest BCUT2D eigenvalue weighted by atomic mass is 19.1. The number of hydrogen-bond donors (Lipinski definition) is 1. The predicted octanol–water partition coefficient (Wildman–Crippen LogP) is 1.00. The van der Waals surface area contributed by atoms with Gasteiger partial charge in [0, 0.05) is 32.0 Å². The van der Waals surface area contributed by atoms with Crippen molar-refractivity contribution in [2.75, 3.05) is 39.4 Å². The van der Waals surface area contributed by atoms with Gasteiger partial charge in [-0.2, -0.15) is 0 Å². The quantitative estimate of drug-likeness (QED) is 0.858. The van der Waals surface area contributed by atoms with E-state index < -0.39 is 5.97 Å². The molecule has 0 saturated carbocycles. The van der Waals surface area contributed by atoms with Crippen LogP contribution in [0.1, 0.15) is 12.0 Å². The van der Waals surface area contributed by atoms with Gasteiger partial charge in [0.15, 0.2) is 0 Å². The van der Waals surface area contributed by atoms with Crippen molar-refractivity contribution in [3.8, 4) is 0 Å². The van der Waals surface area contributed by atoms with Crippen molar-refractivity contribution in [1.29, 1.82) is 0 Å². The van der Waals surface area contributed by atoms with Crippen LogP contribution in [0.3, 0.4) is 0 Å². The lowest BCUT2D eigenvalue weighted by Gasteiger charge is -2.30. The van der Waals surface area contributed by atoms with Crippen LogP contribution in [0.4, 0.5) is 4.39 Å². The van der Waals surface area contributed by atoms with E-state index in [4.69, 9.17) is 9.84 Å². The number of nitrogens with zero attached hydrogens (tertiary/aromatic N) is 2. The number of carboxylic acid groups (broad SMARTS) is 1. The summed E-state index contributed by atoms with van der Waals surface area (Å²) in [6.07, 6.45) is 0.801. The van der Waals surface area contributed by atoms with Crippen LogP contribution < -0.4 is 0 Å². The van der Waals surface area contributed by atoms with Gasteiger partial charge in [-0.05, 0) is 24.1 Å². The van der Waals surface area contributed by atoms with E-state index >= 15 is 0 Å². The van der Waals surface area contributed by atoms with Crippen LogP contribution in [-0.2, 0) is 20.7 Å². The SMILES string of the molecule is O=C(O)CN1C[C@@H]2COC[C@H](C1)N(C(=O)CCc1cccc(F)c1)C2. The summed E-state index contributed by atoms with van der Waals surface area (Å²) in [4.78, 5) is 27.5. The number of aryl methyl sites for hydroxylation is 1. The molecule has 1 aromatic carbocycles. The van der Waals surface area contributed by atoms with Crippen molar-refractivity contribution in [3.63, 3.8) is 0 Å². The van der Waals surface area contributed by atoms with E-state index in [2.05, 4.69) is 0 Å². The van der Waals surface area contributed by atoms with Crippen LogP contribution >= 0.6 is 0 Å². The second-order valence-electron chi connectivity index (χ2n) is 6.82. The predicted molar refractivity (Wildman–Crippen MR) is 88.6 cm³/mol. The molecule has 1 aromatic rings. The molecule has 25 heavy (non-hydrogen) atoms. The number of halogens is 1. The fraction of sp³-hybridized carbons (Fsp3) is 0.556. The minimum atomic E-state index is -0.857. The van der Waals surface area contributed by atoms with Crippen LogP contribution in [0.25, 0.3) is 0 Å². The van der Waals surface area contributed by atoms with Crippen molar-refractivity contribution in [3.05, 3.63) is 35.6 Å². The third-order valence-corrected chi connectivity index (χ3v) is 4.74. The fourth-order valence-electron chi connectivity index (χ4n) is 3.65. The number of carbonyl (C=O) groups is 2. The second kappa shape index (κ2) is 7.93. The summed E-state index contributed by atoms with van der Waals surface area (Å²) in [5.74, 6) is -1.02. The Bertz CT molecular complexity index is 639. The van der Waals surface area contributed by atoms with Crippen molar-refractivity contribution >= 4 is 11.9 Å². The molecule has 0 aromatic heterocycles. The molecule has 1 N–H and O–H groups in total. The minimum Gasteiger partial charge on any atom is -0.480 e. The third kappa shape index (κ3) is 4.76. The first kappa shape index (κ1) is 17.8. The van der Waals surface area contributed by atoms with Crippen LogP contribution in [0.2, 0.25) is 0 Å². The lowest BCUT2D eigenvalue weighted by molar-refractivity contribution is -0.138. The number of rotatable bonds is 5. The van der Waals surface area contributed by atoms with E-state index in [9.17, 15) is 14.0 Å². The number of amides is 1. The normalized spacial score (nSPS) is 24.0. The summed E-state index contributed by atoms with van der Waals surface area (Å²) in [6.45, 7) is 2.67. The van der Waals surface area contributed by atoms with E-state index in [-0.39, 0.29) is 30.2 Å². The fourth-order valence-corrected chi connectivity index (χ4v) is 3.65. The summed E-state index contributed by atoms with van der Waals surface area (Å²) < 4.78 is 18.9. The molecule has 0 aliphatic carbocycles.